The van der Waals surface area contributed by atoms with E-state index in [1.807, 2.05) is 0 Å². The summed E-state index contributed by atoms with van der Waals surface area (Å²) < 4.78 is 6.14. The Morgan fingerprint density at radius 1 is 1.04 bits per heavy atom. The third-order valence-corrected chi connectivity index (χ3v) is 5.65. The predicted octanol–water partition coefficient (Wildman–Crippen LogP) is 5.09. The van der Waals surface area contributed by atoms with Crippen LogP contribution < -0.4 is 4.74 Å². The highest BCUT2D eigenvalue weighted by atomic mass is 35.5. The van der Waals surface area contributed by atoms with Crippen LogP contribution in [0.25, 0.3) is 0 Å². The minimum atomic E-state index is 0. The van der Waals surface area contributed by atoms with Crippen LogP contribution in [0.1, 0.15) is 56.9 Å². The lowest BCUT2D eigenvalue weighted by atomic mass is 9.98. The summed E-state index contributed by atoms with van der Waals surface area (Å²) in [7, 11) is 2.24. The van der Waals surface area contributed by atoms with Crippen molar-refractivity contribution in [3.05, 3.63) is 29.8 Å². The molecule has 130 valence electrons. The zero-order valence-electron chi connectivity index (χ0n) is 14.5. The van der Waals surface area contributed by atoms with Crippen LogP contribution in [-0.4, -0.2) is 31.1 Å². The summed E-state index contributed by atoms with van der Waals surface area (Å²) in [6.45, 7) is 2.11. The molecule has 1 aliphatic carbocycles. The van der Waals surface area contributed by atoms with Crippen molar-refractivity contribution in [2.45, 2.75) is 63.8 Å². The zero-order valence-corrected chi connectivity index (χ0v) is 15.3. The van der Waals surface area contributed by atoms with Crippen molar-refractivity contribution >= 4 is 12.4 Å². The molecular weight excluding hydrogens is 306 g/mol. The topological polar surface area (TPSA) is 12.5 Å². The van der Waals surface area contributed by atoms with E-state index in [-0.39, 0.29) is 12.4 Å². The molecule has 0 aromatic heterocycles. The van der Waals surface area contributed by atoms with Gasteiger partial charge in [0.25, 0.3) is 0 Å². The Kier molecular flexibility index (Phi) is 7.72. The summed E-state index contributed by atoms with van der Waals surface area (Å²) in [6.07, 6.45) is 12.1. The maximum absolute atomic E-state index is 6.14. The molecule has 1 heterocycles. The van der Waals surface area contributed by atoms with E-state index in [4.69, 9.17) is 4.74 Å². The van der Waals surface area contributed by atoms with Gasteiger partial charge in [-0.05, 0) is 63.2 Å². The van der Waals surface area contributed by atoms with Crippen LogP contribution in [0, 0.1) is 5.92 Å². The number of benzene rings is 1. The number of halogens is 1. The Labute approximate surface area is 148 Å². The van der Waals surface area contributed by atoms with Gasteiger partial charge in [-0.25, -0.2) is 0 Å². The van der Waals surface area contributed by atoms with Gasteiger partial charge in [-0.15, -0.1) is 12.4 Å². The number of ether oxygens (including phenoxy) is 1. The van der Waals surface area contributed by atoms with Crippen molar-refractivity contribution in [3.63, 3.8) is 0 Å². The fourth-order valence-electron chi connectivity index (χ4n) is 4.16. The number of para-hydroxylation sites is 1. The fraction of sp³-hybridized carbons (Fsp3) is 0.700. The van der Waals surface area contributed by atoms with Gasteiger partial charge in [0.2, 0.25) is 0 Å². The number of aryl methyl sites for hydroxylation is 1. The van der Waals surface area contributed by atoms with E-state index in [1.54, 1.807) is 0 Å². The first kappa shape index (κ1) is 18.6. The number of hydrogen-bond donors (Lipinski definition) is 0. The quantitative estimate of drug-likeness (QED) is 0.686. The van der Waals surface area contributed by atoms with Gasteiger partial charge in [0, 0.05) is 6.04 Å². The van der Waals surface area contributed by atoms with Crippen molar-refractivity contribution in [1.82, 2.24) is 4.90 Å². The second kappa shape index (κ2) is 9.54. The Hall–Kier alpha value is -0.730. The van der Waals surface area contributed by atoms with E-state index in [9.17, 15) is 0 Å². The highest BCUT2D eigenvalue weighted by Gasteiger charge is 2.20. The maximum atomic E-state index is 6.14. The summed E-state index contributed by atoms with van der Waals surface area (Å²) in [5, 5.41) is 0. The Morgan fingerprint density at radius 2 is 1.83 bits per heavy atom. The van der Waals surface area contributed by atoms with Crippen LogP contribution in [0.2, 0.25) is 0 Å². The Bertz CT molecular complexity index is 459. The maximum Gasteiger partial charge on any atom is 0.122 e. The molecule has 1 aromatic carbocycles. The molecule has 1 aliphatic heterocycles. The van der Waals surface area contributed by atoms with Gasteiger partial charge in [-0.1, -0.05) is 43.9 Å². The third-order valence-electron chi connectivity index (χ3n) is 5.65. The number of nitrogens with zero attached hydrogens (tertiary/aromatic N) is 1. The molecule has 1 unspecified atom stereocenters. The molecule has 3 heteroatoms. The van der Waals surface area contributed by atoms with Gasteiger partial charge in [0.1, 0.15) is 5.75 Å². The van der Waals surface area contributed by atoms with Crippen molar-refractivity contribution in [1.29, 1.82) is 0 Å². The molecular formula is C20H32ClNO. The normalized spacial score (nSPS) is 22.2. The molecule has 1 atom stereocenters. The standard InChI is InChI=1S/C20H31NO.ClH/c1-21-15-6-10-19(21)14-16-22-20-11-5-4-9-18(20)13-12-17-7-2-3-8-17;/h4-5,9,11,17,19H,2-3,6-8,10,12-16H2,1H3;1H. The van der Waals surface area contributed by atoms with Crippen LogP contribution in [-0.2, 0) is 6.42 Å². The smallest absolute Gasteiger partial charge is 0.122 e. The monoisotopic (exact) mass is 337 g/mol. The molecule has 1 saturated heterocycles. The Morgan fingerprint density at radius 3 is 2.57 bits per heavy atom. The summed E-state index contributed by atoms with van der Waals surface area (Å²) in [5.41, 5.74) is 1.41. The second-order valence-corrected chi connectivity index (χ2v) is 7.21. The molecule has 0 spiro atoms. The van der Waals surface area contributed by atoms with E-state index in [0.29, 0.717) is 0 Å². The first-order valence-electron chi connectivity index (χ1n) is 9.24. The summed E-state index contributed by atoms with van der Waals surface area (Å²) in [4.78, 5) is 2.48. The molecule has 2 aliphatic rings. The predicted molar refractivity (Wildman–Crippen MR) is 99.7 cm³/mol. The van der Waals surface area contributed by atoms with Gasteiger partial charge >= 0.3 is 0 Å². The van der Waals surface area contributed by atoms with E-state index in [2.05, 4.69) is 36.2 Å². The van der Waals surface area contributed by atoms with Gasteiger partial charge < -0.3 is 9.64 Å². The largest absolute Gasteiger partial charge is 0.493 e. The summed E-state index contributed by atoms with van der Waals surface area (Å²) >= 11 is 0. The molecule has 3 rings (SSSR count). The summed E-state index contributed by atoms with van der Waals surface area (Å²) in [5.74, 6) is 2.08. The van der Waals surface area contributed by atoms with Crippen LogP contribution in [0.5, 0.6) is 5.75 Å². The van der Waals surface area contributed by atoms with Crippen LogP contribution in [0.3, 0.4) is 0 Å². The molecule has 0 amide bonds. The number of rotatable bonds is 7. The van der Waals surface area contributed by atoms with E-state index in [1.165, 1.54) is 63.5 Å². The molecule has 0 bridgehead atoms. The van der Waals surface area contributed by atoms with Crippen molar-refractivity contribution in [2.24, 2.45) is 5.92 Å². The SMILES string of the molecule is CN1CCCC1CCOc1ccccc1CCC1CCCC1.Cl. The first-order valence-corrected chi connectivity index (χ1v) is 9.24. The van der Waals surface area contributed by atoms with E-state index in [0.717, 1.165) is 30.7 Å². The van der Waals surface area contributed by atoms with Crippen molar-refractivity contribution in [3.8, 4) is 5.75 Å². The average molecular weight is 338 g/mol. The van der Waals surface area contributed by atoms with Crippen LogP contribution in [0.15, 0.2) is 24.3 Å². The highest BCUT2D eigenvalue weighted by molar-refractivity contribution is 5.85. The fourth-order valence-corrected chi connectivity index (χ4v) is 4.16. The third kappa shape index (κ3) is 5.39. The molecule has 2 fully saturated rings. The molecule has 1 aromatic rings. The first-order chi connectivity index (χ1) is 10.8. The van der Waals surface area contributed by atoms with Crippen LogP contribution in [0.4, 0.5) is 0 Å². The number of hydrogen-bond acceptors (Lipinski definition) is 2. The second-order valence-electron chi connectivity index (χ2n) is 7.21. The lowest BCUT2D eigenvalue weighted by molar-refractivity contribution is 0.232. The Balaban J connectivity index is 0.00000192. The van der Waals surface area contributed by atoms with Crippen LogP contribution >= 0.6 is 12.4 Å². The van der Waals surface area contributed by atoms with Gasteiger partial charge in [0.05, 0.1) is 6.61 Å². The zero-order chi connectivity index (χ0) is 15.2. The minimum absolute atomic E-state index is 0. The average Bonchev–Trinajstić information content (AvgIpc) is 3.18. The van der Waals surface area contributed by atoms with Gasteiger partial charge in [-0.3, -0.25) is 0 Å². The lowest BCUT2D eigenvalue weighted by Crippen LogP contribution is -2.26. The summed E-state index contributed by atoms with van der Waals surface area (Å²) in [6, 6.07) is 9.40. The van der Waals surface area contributed by atoms with Gasteiger partial charge in [-0.2, -0.15) is 0 Å². The molecule has 2 nitrogen and oxygen atoms in total. The molecule has 23 heavy (non-hydrogen) atoms. The van der Waals surface area contributed by atoms with E-state index < -0.39 is 0 Å². The van der Waals surface area contributed by atoms with Crippen molar-refractivity contribution in [2.75, 3.05) is 20.2 Å². The molecule has 0 radical (unpaired) electrons. The van der Waals surface area contributed by atoms with E-state index >= 15 is 0 Å². The molecule has 0 N–H and O–H groups in total. The molecule has 1 saturated carbocycles. The van der Waals surface area contributed by atoms with Crippen molar-refractivity contribution < 1.29 is 4.74 Å². The number of likely N-dealkylation sites (tertiary alicyclic amines) is 1. The van der Waals surface area contributed by atoms with Gasteiger partial charge in [0.15, 0.2) is 0 Å². The highest BCUT2D eigenvalue weighted by Crippen LogP contribution is 2.30. The lowest BCUT2D eigenvalue weighted by Gasteiger charge is -2.20. The minimum Gasteiger partial charge on any atom is -0.493 e.